The zero-order valence-corrected chi connectivity index (χ0v) is 10.1. The summed E-state index contributed by atoms with van der Waals surface area (Å²) in [4.78, 5) is 24.2. The van der Waals surface area contributed by atoms with E-state index in [1.807, 2.05) is 6.07 Å². The Bertz CT molecular complexity index is 485. The van der Waals surface area contributed by atoms with Crippen molar-refractivity contribution < 1.29 is 14.7 Å². The van der Waals surface area contributed by atoms with Crippen LogP contribution in [0.4, 0.5) is 11.4 Å². The summed E-state index contributed by atoms with van der Waals surface area (Å²) in [6, 6.07) is 5.41. The van der Waals surface area contributed by atoms with Crippen molar-refractivity contribution in [2.75, 3.05) is 17.2 Å². The number of nitrogens with zero attached hydrogens (tertiary/aromatic N) is 1. The predicted octanol–water partition coefficient (Wildman–Crippen LogP) is 1.41. The molecule has 0 saturated heterocycles. The average Bonchev–Trinajstić information content (AvgIpc) is 2.45. The van der Waals surface area contributed by atoms with Crippen molar-refractivity contribution in [3.63, 3.8) is 0 Å². The zero-order chi connectivity index (χ0) is 13.1. The maximum absolute atomic E-state index is 12.0. The van der Waals surface area contributed by atoms with Gasteiger partial charge in [-0.05, 0) is 36.6 Å². The second-order valence-electron chi connectivity index (χ2n) is 4.43. The van der Waals surface area contributed by atoms with Crippen LogP contribution < -0.4 is 10.6 Å². The smallest absolute Gasteiger partial charge is 0.305 e. The molecule has 0 radical (unpaired) electrons. The van der Waals surface area contributed by atoms with Gasteiger partial charge in [-0.15, -0.1) is 0 Å². The highest BCUT2D eigenvalue weighted by molar-refractivity contribution is 5.95. The number of benzene rings is 1. The Morgan fingerprint density at radius 2 is 2.17 bits per heavy atom. The number of fused-ring (bicyclic) bond motifs is 1. The van der Waals surface area contributed by atoms with Crippen LogP contribution in [0.15, 0.2) is 18.2 Å². The third kappa shape index (κ3) is 2.61. The molecule has 0 saturated carbocycles. The average molecular weight is 248 g/mol. The number of nitrogen functional groups attached to an aromatic ring is 1. The van der Waals surface area contributed by atoms with Crippen LogP contribution in [0.2, 0.25) is 0 Å². The first kappa shape index (κ1) is 12.4. The Balaban J connectivity index is 2.31. The van der Waals surface area contributed by atoms with E-state index in [-0.39, 0.29) is 18.9 Å². The Hall–Kier alpha value is -2.04. The molecule has 0 bridgehead atoms. The van der Waals surface area contributed by atoms with Gasteiger partial charge < -0.3 is 15.7 Å². The first-order valence-corrected chi connectivity index (χ1v) is 5.98. The molecule has 0 spiro atoms. The molecule has 96 valence electrons. The topological polar surface area (TPSA) is 83.6 Å². The molecule has 1 amide bonds. The number of rotatable bonds is 3. The second kappa shape index (κ2) is 5.08. The number of aryl methyl sites for hydroxylation is 1. The van der Waals surface area contributed by atoms with Crippen molar-refractivity contribution in [2.45, 2.75) is 25.7 Å². The molecule has 1 aliphatic rings. The summed E-state index contributed by atoms with van der Waals surface area (Å²) in [6.45, 7) is 0.213. The Morgan fingerprint density at radius 1 is 1.39 bits per heavy atom. The summed E-state index contributed by atoms with van der Waals surface area (Å²) in [5.74, 6) is -0.913. The Kier molecular flexibility index (Phi) is 3.50. The standard InChI is InChI=1S/C13H16N2O3/c14-10-4-5-11-9(8-10)2-1-3-12(16)15(11)7-6-13(17)18/h4-5,8H,1-3,6-7,14H2,(H,17,18). The van der Waals surface area contributed by atoms with Crippen molar-refractivity contribution in [3.05, 3.63) is 23.8 Å². The van der Waals surface area contributed by atoms with E-state index < -0.39 is 5.97 Å². The lowest BCUT2D eigenvalue weighted by Gasteiger charge is -2.22. The number of carbonyl (C=O) groups is 2. The molecule has 0 unspecified atom stereocenters. The number of amides is 1. The fraction of sp³-hybridized carbons (Fsp3) is 0.385. The van der Waals surface area contributed by atoms with E-state index in [1.54, 1.807) is 17.0 Å². The first-order valence-electron chi connectivity index (χ1n) is 5.98. The van der Waals surface area contributed by atoms with Crippen LogP contribution >= 0.6 is 0 Å². The van der Waals surface area contributed by atoms with Gasteiger partial charge in [-0.2, -0.15) is 0 Å². The molecule has 18 heavy (non-hydrogen) atoms. The molecule has 3 N–H and O–H groups in total. The van der Waals surface area contributed by atoms with E-state index >= 15 is 0 Å². The molecule has 1 aromatic rings. The summed E-state index contributed by atoms with van der Waals surface area (Å²) in [6.07, 6.45) is 1.98. The molecule has 1 aliphatic heterocycles. The van der Waals surface area contributed by atoms with Crippen LogP contribution in [0.25, 0.3) is 0 Å². The lowest BCUT2D eigenvalue weighted by molar-refractivity contribution is -0.136. The van der Waals surface area contributed by atoms with Gasteiger partial charge in [-0.3, -0.25) is 9.59 Å². The number of carboxylic acid groups (broad SMARTS) is 1. The van der Waals surface area contributed by atoms with Crippen molar-refractivity contribution in [1.82, 2.24) is 0 Å². The molecular formula is C13H16N2O3. The van der Waals surface area contributed by atoms with Crippen molar-refractivity contribution in [2.24, 2.45) is 0 Å². The maximum Gasteiger partial charge on any atom is 0.305 e. The summed E-state index contributed by atoms with van der Waals surface area (Å²) in [7, 11) is 0. The number of hydrogen-bond donors (Lipinski definition) is 2. The SMILES string of the molecule is Nc1ccc2c(c1)CCCC(=O)N2CCC(=O)O. The van der Waals surface area contributed by atoms with Gasteiger partial charge in [-0.1, -0.05) is 0 Å². The molecule has 5 heteroatoms. The largest absolute Gasteiger partial charge is 0.481 e. The summed E-state index contributed by atoms with van der Waals surface area (Å²) in [5.41, 5.74) is 8.22. The van der Waals surface area contributed by atoms with Gasteiger partial charge in [-0.25, -0.2) is 0 Å². The van der Waals surface area contributed by atoms with Crippen LogP contribution in [0.1, 0.15) is 24.8 Å². The lowest BCUT2D eigenvalue weighted by Crippen LogP contribution is -2.32. The van der Waals surface area contributed by atoms with Gasteiger partial charge in [0.15, 0.2) is 0 Å². The van der Waals surface area contributed by atoms with Crippen LogP contribution in [-0.4, -0.2) is 23.5 Å². The highest BCUT2D eigenvalue weighted by atomic mass is 16.4. The van der Waals surface area contributed by atoms with E-state index in [2.05, 4.69) is 0 Å². The number of aliphatic carboxylic acids is 1. The minimum absolute atomic E-state index is 0.0141. The molecule has 2 rings (SSSR count). The highest BCUT2D eigenvalue weighted by Crippen LogP contribution is 2.28. The first-order chi connectivity index (χ1) is 8.58. The molecule has 0 fully saturated rings. The molecule has 1 heterocycles. The van der Waals surface area contributed by atoms with Crippen LogP contribution in [-0.2, 0) is 16.0 Å². The third-order valence-electron chi connectivity index (χ3n) is 3.08. The van der Waals surface area contributed by atoms with Crippen molar-refractivity contribution in [1.29, 1.82) is 0 Å². The third-order valence-corrected chi connectivity index (χ3v) is 3.08. The predicted molar refractivity (Wildman–Crippen MR) is 68.4 cm³/mol. The van der Waals surface area contributed by atoms with Gasteiger partial charge in [0.25, 0.3) is 0 Å². The normalized spacial score (nSPS) is 15.1. The summed E-state index contributed by atoms with van der Waals surface area (Å²) < 4.78 is 0. The van der Waals surface area contributed by atoms with E-state index in [0.717, 1.165) is 24.1 Å². The van der Waals surface area contributed by atoms with Gasteiger partial charge in [0, 0.05) is 24.3 Å². The minimum Gasteiger partial charge on any atom is -0.481 e. The fourth-order valence-electron chi connectivity index (χ4n) is 2.22. The van der Waals surface area contributed by atoms with E-state index in [9.17, 15) is 9.59 Å². The highest BCUT2D eigenvalue weighted by Gasteiger charge is 2.22. The van der Waals surface area contributed by atoms with E-state index in [4.69, 9.17) is 10.8 Å². The van der Waals surface area contributed by atoms with Gasteiger partial charge >= 0.3 is 5.97 Å². The summed E-state index contributed by atoms with van der Waals surface area (Å²) >= 11 is 0. The number of nitrogens with two attached hydrogens (primary N) is 1. The monoisotopic (exact) mass is 248 g/mol. The van der Waals surface area contributed by atoms with E-state index in [0.29, 0.717) is 12.1 Å². The number of carbonyl (C=O) groups excluding carboxylic acids is 1. The number of carboxylic acids is 1. The quantitative estimate of drug-likeness (QED) is 0.792. The maximum atomic E-state index is 12.0. The molecular weight excluding hydrogens is 232 g/mol. The van der Waals surface area contributed by atoms with Crippen molar-refractivity contribution >= 4 is 23.3 Å². The Labute approximate surface area is 105 Å². The van der Waals surface area contributed by atoms with Gasteiger partial charge in [0.2, 0.25) is 5.91 Å². The second-order valence-corrected chi connectivity index (χ2v) is 4.43. The van der Waals surface area contributed by atoms with Gasteiger partial charge in [0.1, 0.15) is 0 Å². The lowest BCUT2D eigenvalue weighted by atomic mass is 10.1. The number of hydrogen-bond acceptors (Lipinski definition) is 3. The zero-order valence-electron chi connectivity index (χ0n) is 10.1. The Morgan fingerprint density at radius 3 is 2.89 bits per heavy atom. The molecule has 0 aromatic heterocycles. The molecule has 5 nitrogen and oxygen atoms in total. The molecule has 0 aliphatic carbocycles. The van der Waals surface area contributed by atoms with Gasteiger partial charge in [0.05, 0.1) is 6.42 Å². The van der Waals surface area contributed by atoms with Crippen LogP contribution in [0.3, 0.4) is 0 Å². The van der Waals surface area contributed by atoms with Crippen LogP contribution in [0.5, 0.6) is 0 Å². The molecule has 1 aromatic carbocycles. The van der Waals surface area contributed by atoms with Crippen LogP contribution in [0, 0.1) is 0 Å². The minimum atomic E-state index is -0.899. The van der Waals surface area contributed by atoms with E-state index in [1.165, 1.54) is 0 Å². The number of anilines is 2. The fourth-order valence-corrected chi connectivity index (χ4v) is 2.22. The van der Waals surface area contributed by atoms with Crippen molar-refractivity contribution in [3.8, 4) is 0 Å². The summed E-state index contributed by atoms with van der Waals surface area (Å²) in [5, 5.41) is 8.73. The molecule has 0 atom stereocenters.